The maximum atomic E-state index is 11.6. The minimum Gasteiger partial charge on any atom is -0.497 e. The van der Waals surface area contributed by atoms with Crippen molar-refractivity contribution in [3.05, 3.63) is 28.8 Å². The van der Waals surface area contributed by atoms with E-state index in [0.717, 1.165) is 30.7 Å². The number of rotatable bonds is 9. The van der Waals surface area contributed by atoms with Gasteiger partial charge in [-0.05, 0) is 37.5 Å². The smallest absolute Gasteiger partial charge is 0.241 e. The lowest BCUT2D eigenvalue weighted by atomic mass is 10.1. The minimum absolute atomic E-state index is 0. The third-order valence-electron chi connectivity index (χ3n) is 3.24. The second-order valence-electron chi connectivity index (χ2n) is 5.18. The zero-order valence-electron chi connectivity index (χ0n) is 15.0. The molecule has 1 rings (SSSR count). The van der Waals surface area contributed by atoms with E-state index in [1.165, 1.54) is 0 Å². The molecule has 1 aromatic carbocycles. The van der Waals surface area contributed by atoms with E-state index in [2.05, 4.69) is 20.9 Å². The Labute approximate surface area is 172 Å². The first-order valence-corrected chi connectivity index (χ1v) is 8.59. The fourth-order valence-electron chi connectivity index (χ4n) is 1.99. The molecule has 0 aliphatic rings. The van der Waals surface area contributed by atoms with Gasteiger partial charge in [-0.3, -0.25) is 4.79 Å². The Bertz CT molecular complexity index is 555. The second kappa shape index (κ2) is 14.0. The van der Waals surface area contributed by atoms with E-state index in [9.17, 15) is 4.79 Å². The predicted octanol–water partition coefficient (Wildman–Crippen LogP) is 2.59. The number of ether oxygens (including phenoxy) is 1. The van der Waals surface area contributed by atoms with E-state index in [-0.39, 0.29) is 36.4 Å². The quantitative estimate of drug-likeness (QED) is 0.287. The van der Waals surface area contributed by atoms with Crippen LogP contribution < -0.4 is 20.7 Å². The van der Waals surface area contributed by atoms with Crippen LogP contribution in [0.2, 0.25) is 5.02 Å². The molecule has 0 radical (unpaired) electrons. The molecule has 0 bridgehead atoms. The van der Waals surface area contributed by atoms with Crippen molar-refractivity contribution < 1.29 is 9.53 Å². The molecule has 8 heteroatoms. The normalized spacial score (nSPS) is 10.6. The molecule has 25 heavy (non-hydrogen) atoms. The minimum atomic E-state index is -0.0766. The summed E-state index contributed by atoms with van der Waals surface area (Å²) in [5.41, 5.74) is 1.03. The molecule has 1 amide bonds. The van der Waals surface area contributed by atoms with Gasteiger partial charge in [0.1, 0.15) is 12.3 Å². The fourth-order valence-corrected chi connectivity index (χ4v) is 2.25. The van der Waals surface area contributed by atoms with Crippen LogP contribution in [-0.4, -0.2) is 45.2 Å². The first kappa shape index (κ1) is 23.8. The Kier molecular flexibility index (Phi) is 13.3. The van der Waals surface area contributed by atoms with E-state index in [0.29, 0.717) is 24.1 Å². The standard InChI is InChI=1S/C17H27ClN4O2.HI/c1-4-9-20-16(23)12-22-17(19-5-2)21-10-8-13-6-7-14(24-3)11-15(13)18;/h6-7,11H,4-5,8-10,12H2,1-3H3,(H,20,23)(H2,19,21,22);1H. The van der Waals surface area contributed by atoms with Gasteiger partial charge >= 0.3 is 0 Å². The highest BCUT2D eigenvalue weighted by molar-refractivity contribution is 14.0. The van der Waals surface area contributed by atoms with E-state index >= 15 is 0 Å². The van der Waals surface area contributed by atoms with Crippen molar-refractivity contribution in [2.24, 2.45) is 4.99 Å². The van der Waals surface area contributed by atoms with Crippen LogP contribution in [-0.2, 0) is 11.2 Å². The molecule has 0 aliphatic heterocycles. The van der Waals surface area contributed by atoms with Crippen molar-refractivity contribution in [1.82, 2.24) is 16.0 Å². The van der Waals surface area contributed by atoms with Crippen molar-refractivity contribution in [1.29, 1.82) is 0 Å². The molecule has 0 aromatic heterocycles. The molecule has 0 unspecified atom stereocenters. The summed E-state index contributed by atoms with van der Waals surface area (Å²) in [4.78, 5) is 15.9. The summed E-state index contributed by atoms with van der Waals surface area (Å²) in [6.45, 7) is 6.17. The Morgan fingerprint density at radius 2 is 1.96 bits per heavy atom. The Morgan fingerprint density at radius 3 is 2.56 bits per heavy atom. The SMILES string of the molecule is CCCNC(=O)CN=C(NCC)NCCc1ccc(OC)cc1Cl.I. The Balaban J connectivity index is 0.00000576. The van der Waals surface area contributed by atoms with E-state index in [1.54, 1.807) is 13.2 Å². The lowest BCUT2D eigenvalue weighted by Gasteiger charge is -2.12. The van der Waals surface area contributed by atoms with Crippen LogP contribution in [0.15, 0.2) is 23.2 Å². The van der Waals surface area contributed by atoms with Crippen molar-refractivity contribution in [3.8, 4) is 5.75 Å². The topological polar surface area (TPSA) is 74.8 Å². The number of methoxy groups -OCH3 is 1. The molecule has 3 N–H and O–H groups in total. The van der Waals surface area contributed by atoms with Gasteiger partial charge in [0.25, 0.3) is 0 Å². The predicted molar refractivity (Wildman–Crippen MR) is 114 cm³/mol. The number of hydrogen-bond donors (Lipinski definition) is 3. The molecule has 142 valence electrons. The number of amides is 1. The second-order valence-corrected chi connectivity index (χ2v) is 5.59. The number of nitrogens with zero attached hydrogens (tertiary/aromatic N) is 1. The highest BCUT2D eigenvalue weighted by Gasteiger charge is 2.04. The van der Waals surface area contributed by atoms with Crippen molar-refractivity contribution >= 4 is 47.4 Å². The van der Waals surface area contributed by atoms with Crippen LogP contribution in [0, 0.1) is 0 Å². The number of carbonyl (C=O) groups is 1. The lowest BCUT2D eigenvalue weighted by molar-refractivity contribution is -0.119. The van der Waals surface area contributed by atoms with Crippen LogP contribution in [0.25, 0.3) is 0 Å². The van der Waals surface area contributed by atoms with Crippen molar-refractivity contribution in [2.45, 2.75) is 26.7 Å². The fraction of sp³-hybridized carbons (Fsp3) is 0.529. The molecule has 6 nitrogen and oxygen atoms in total. The van der Waals surface area contributed by atoms with Gasteiger partial charge in [0, 0.05) is 24.7 Å². The zero-order chi connectivity index (χ0) is 17.8. The number of benzene rings is 1. The summed E-state index contributed by atoms with van der Waals surface area (Å²) >= 11 is 6.23. The van der Waals surface area contributed by atoms with Crippen LogP contribution in [0.3, 0.4) is 0 Å². The third kappa shape index (κ3) is 9.74. The molecular weight excluding hydrogens is 455 g/mol. The number of nitrogens with one attached hydrogen (secondary N) is 3. The highest BCUT2D eigenvalue weighted by atomic mass is 127. The summed E-state index contributed by atoms with van der Waals surface area (Å²) in [6.07, 6.45) is 1.66. The van der Waals surface area contributed by atoms with Gasteiger partial charge in [0.15, 0.2) is 5.96 Å². The summed E-state index contributed by atoms with van der Waals surface area (Å²) in [5, 5.41) is 9.80. The van der Waals surface area contributed by atoms with Gasteiger partial charge in [-0.2, -0.15) is 0 Å². The number of halogens is 2. The van der Waals surface area contributed by atoms with Gasteiger partial charge in [-0.1, -0.05) is 24.6 Å². The average Bonchev–Trinajstić information content (AvgIpc) is 2.59. The van der Waals surface area contributed by atoms with Crippen LogP contribution in [0.5, 0.6) is 5.75 Å². The van der Waals surface area contributed by atoms with Crippen LogP contribution in [0.4, 0.5) is 0 Å². The maximum absolute atomic E-state index is 11.6. The summed E-state index contributed by atoms with van der Waals surface area (Å²) < 4.78 is 5.14. The lowest BCUT2D eigenvalue weighted by Crippen LogP contribution is -2.39. The monoisotopic (exact) mass is 482 g/mol. The molecule has 0 saturated heterocycles. The number of hydrogen-bond acceptors (Lipinski definition) is 3. The highest BCUT2D eigenvalue weighted by Crippen LogP contribution is 2.22. The molecular formula is C17H28ClIN4O2. The van der Waals surface area contributed by atoms with Crippen molar-refractivity contribution in [2.75, 3.05) is 33.3 Å². The van der Waals surface area contributed by atoms with Gasteiger partial charge in [0.05, 0.1) is 7.11 Å². The van der Waals surface area contributed by atoms with Crippen molar-refractivity contribution in [3.63, 3.8) is 0 Å². The molecule has 0 saturated carbocycles. The van der Waals surface area contributed by atoms with Gasteiger partial charge in [0.2, 0.25) is 5.91 Å². The number of carbonyl (C=O) groups excluding carboxylic acids is 1. The van der Waals surface area contributed by atoms with E-state index < -0.39 is 0 Å². The molecule has 0 fully saturated rings. The van der Waals surface area contributed by atoms with Crippen LogP contribution >= 0.6 is 35.6 Å². The zero-order valence-corrected chi connectivity index (χ0v) is 18.1. The molecule has 0 spiro atoms. The molecule has 0 atom stereocenters. The van der Waals surface area contributed by atoms with E-state index in [1.807, 2.05) is 26.0 Å². The largest absolute Gasteiger partial charge is 0.497 e. The van der Waals surface area contributed by atoms with Gasteiger partial charge in [-0.25, -0.2) is 4.99 Å². The van der Waals surface area contributed by atoms with E-state index in [4.69, 9.17) is 16.3 Å². The Hall–Kier alpha value is -1.22. The first-order valence-electron chi connectivity index (χ1n) is 8.22. The maximum Gasteiger partial charge on any atom is 0.241 e. The summed E-state index contributed by atoms with van der Waals surface area (Å²) in [5.74, 6) is 1.28. The number of aliphatic imine (C=N–C) groups is 1. The average molecular weight is 483 g/mol. The first-order chi connectivity index (χ1) is 11.6. The summed E-state index contributed by atoms with van der Waals surface area (Å²) in [7, 11) is 1.61. The summed E-state index contributed by atoms with van der Waals surface area (Å²) in [6, 6.07) is 5.64. The number of guanidine groups is 1. The molecule has 0 heterocycles. The Morgan fingerprint density at radius 1 is 1.20 bits per heavy atom. The van der Waals surface area contributed by atoms with Gasteiger partial charge in [-0.15, -0.1) is 24.0 Å². The van der Waals surface area contributed by atoms with Crippen LogP contribution in [0.1, 0.15) is 25.8 Å². The third-order valence-corrected chi connectivity index (χ3v) is 3.60. The molecule has 1 aromatic rings. The molecule has 0 aliphatic carbocycles. The van der Waals surface area contributed by atoms with Gasteiger partial charge < -0.3 is 20.7 Å².